The van der Waals surface area contributed by atoms with E-state index in [1.54, 1.807) is 0 Å². The molecule has 2 rings (SSSR count). The molecule has 1 saturated heterocycles. The van der Waals surface area contributed by atoms with Crippen LogP contribution in [0.2, 0.25) is 0 Å². The zero-order valence-electron chi connectivity index (χ0n) is 9.62. The Morgan fingerprint density at radius 2 is 2.20 bits per heavy atom. The van der Waals surface area contributed by atoms with Crippen LogP contribution in [0.25, 0.3) is 0 Å². The predicted molar refractivity (Wildman–Crippen MR) is 60.5 cm³/mol. The number of rotatable bonds is 4. The van der Waals surface area contributed by atoms with Crippen molar-refractivity contribution in [3.05, 3.63) is 29.3 Å². The first-order valence-electron chi connectivity index (χ1n) is 5.52. The smallest absolute Gasteiger partial charge is 0.122 e. The van der Waals surface area contributed by atoms with Gasteiger partial charge in [-0.05, 0) is 30.0 Å². The zero-order valence-corrected chi connectivity index (χ0v) is 9.62. The molecule has 0 aliphatic carbocycles. The minimum Gasteiger partial charge on any atom is -0.491 e. The van der Waals surface area contributed by atoms with Crippen molar-refractivity contribution in [2.24, 2.45) is 0 Å². The summed E-state index contributed by atoms with van der Waals surface area (Å²) in [7, 11) is 0. The summed E-state index contributed by atoms with van der Waals surface area (Å²) in [5, 5.41) is 0. The minimum atomic E-state index is 0.326. The molecule has 1 fully saturated rings. The highest BCUT2D eigenvalue weighted by molar-refractivity contribution is 5.40. The third-order valence-corrected chi connectivity index (χ3v) is 2.78. The van der Waals surface area contributed by atoms with E-state index in [0.717, 1.165) is 12.4 Å². The molecule has 0 amide bonds. The van der Waals surface area contributed by atoms with Crippen LogP contribution in [0.3, 0.4) is 0 Å². The van der Waals surface area contributed by atoms with Crippen molar-refractivity contribution in [3.63, 3.8) is 0 Å². The lowest BCUT2D eigenvalue weighted by molar-refractivity contribution is 0.261. The first kappa shape index (κ1) is 10.5. The van der Waals surface area contributed by atoms with Crippen molar-refractivity contribution in [1.29, 1.82) is 0 Å². The van der Waals surface area contributed by atoms with Gasteiger partial charge in [-0.2, -0.15) is 0 Å². The molecule has 1 heterocycles. The van der Waals surface area contributed by atoms with Crippen molar-refractivity contribution in [3.8, 4) is 5.75 Å². The Kier molecular flexibility index (Phi) is 2.96. The van der Waals surface area contributed by atoms with Crippen LogP contribution in [-0.4, -0.2) is 19.3 Å². The van der Waals surface area contributed by atoms with E-state index < -0.39 is 0 Å². The fraction of sp³-hybridized carbons (Fsp3) is 0.538. The summed E-state index contributed by atoms with van der Waals surface area (Å²) in [5.41, 5.74) is 2.62. The first-order chi connectivity index (χ1) is 7.18. The summed E-state index contributed by atoms with van der Waals surface area (Å²) in [6, 6.07) is 6.26. The highest BCUT2D eigenvalue weighted by Crippen LogP contribution is 2.27. The molecular weight excluding hydrogens is 188 g/mol. The molecular formula is C13H18O2. The summed E-state index contributed by atoms with van der Waals surface area (Å²) in [4.78, 5) is 0. The second kappa shape index (κ2) is 4.23. The van der Waals surface area contributed by atoms with Gasteiger partial charge in [0.25, 0.3) is 0 Å². The van der Waals surface area contributed by atoms with Gasteiger partial charge in [0.2, 0.25) is 0 Å². The van der Waals surface area contributed by atoms with E-state index >= 15 is 0 Å². The summed E-state index contributed by atoms with van der Waals surface area (Å²) in [5.74, 6) is 1.54. The van der Waals surface area contributed by atoms with Crippen LogP contribution in [0, 0.1) is 6.92 Å². The van der Waals surface area contributed by atoms with Crippen molar-refractivity contribution >= 4 is 0 Å². The van der Waals surface area contributed by atoms with E-state index in [9.17, 15) is 0 Å². The van der Waals surface area contributed by atoms with E-state index in [0.29, 0.717) is 18.6 Å². The number of epoxide rings is 1. The molecule has 1 aromatic rings. The van der Waals surface area contributed by atoms with Gasteiger partial charge in [0.05, 0.1) is 6.61 Å². The van der Waals surface area contributed by atoms with Crippen LogP contribution in [0.4, 0.5) is 0 Å². The molecule has 0 bridgehead atoms. The first-order valence-corrected chi connectivity index (χ1v) is 5.52. The maximum absolute atomic E-state index is 5.73. The lowest BCUT2D eigenvalue weighted by Gasteiger charge is -2.14. The molecule has 0 saturated carbocycles. The van der Waals surface area contributed by atoms with Gasteiger partial charge >= 0.3 is 0 Å². The monoisotopic (exact) mass is 206 g/mol. The second-order valence-corrected chi connectivity index (χ2v) is 4.39. The zero-order chi connectivity index (χ0) is 10.8. The van der Waals surface area contributed by atoms with Crippen molar-refractivity contribution in [2.45, 2.75) is 32.8 Å². The Bertz CT molecular complexity index is 340. The SMILES string of the molecule is Cc1c(OCC2CO2)cccc1C(C)C. The Balaban J connectivity index is 2.11. The Hall–Kier alpha value is -1.02. The van der Waals surface area contributed by atoms with Crippen LogP contribution >= 0.6 is 0 Å². The average Bonchev–Trinajstić information content (AvgIpc) is 2.99. The molecule has 2 heteroatoms. The standard InChI is InChI=1S/C13H18O2/c1-9(2)12-5-4-6-13(10(12)3)15-8-11-7-14-11/h4-6,9,11H,7-8H2,1-3H3. The summed E-state index contributed by atoms with van der Waals surface area (Å²) >= 11 is 0. The molecule has 0 radical (unpaired) electrons. The Morgan fingerprint density at radius 3 is 2.80 bits per heavy atom. The van der Waals surface area contributed by atoms with Gasteiger partial charge in [0, 0.05) is 0 Å². The van der Waals surface area contributed by atoms with Crippen LogP contribution in [-0.2, 0) is 4.74 Å². The van der Waals surface area contributed by atoms with Gasteiger partial charge in [-0.25, -0.2) is 0 Å². The highest BCUT2D eigenvalue weighted by atomic mass is 16.6. The van der Waals surface area contributed by atoms with Gasteiger partial charge in [0.1, 0.15) is 18.5 Å². The molecule has 0 aromatic heterocycles. The fourth-order valence-electron chi connectivity index (χ4n) is 1.76. The van der Waals surface area contributed by atoms with Crippen molar-refractivity contribution in [2.75, 3.05) is 13.2 Å². The third kappa shape index (κ3) is 2.51. The molecule has 1 aliphatic rings. The van der Waals surface area contributed by atoms with Crippen LogP contribution in [0.1, 0.15) is 30.9 Å². The maximum atomic E-state index is 5.73. The highest BCUT2D eigenvalue weighted by Gasteiger charge is 2.23. The van der Waals surface area contributed by atoms with Crippen LogP contribution in [0.15, 0.2) is 18.2 Å². The summed E-state index contributed by atoms with van der Waals surface area (Å²) in [6.45, 7) is 8.07. The second-order valence-electron chi connectivity index (χ2n) is 4.39. The van der Waals surface area contributed by atoms with Gasteiger partial charge in [-0.15, -0.1) is 0 Å². The van der Waals surface area contributed by atoms with Gasteiger partial charge in [-0.3, -0.25) is 0 Å². The Morgan fingerprint density at radius 1 is 1.47 bits per heavy atom. The van der Waals surface area contributed by atoms with E-state index in [4.69, 9.17) is 9.47 Å². The normalized spacial score (nSPS) is 19.3. The van der Waals surface area contributed by atoms with Crippen molar-refractivity contribution in [1.82, 2.24) is 0 Å². The largest absolute Gasteiger partial charge is 0.491 e. The fourth-order valence-corrected chi connectivity index (χ4v) is 1.76. The molecule has 1 aliphatic heterocycles. The number of ether oxygens (including phenoxy) is 2. The number of benzene rings is 1. The van der Waals surface area contributed by atoms with Crippen molar-refractivity contribution < 1.29 is 9.47 Å². The van der Waals surface area contributed by atoms with E-state index in [1.165, 1.54) is 11.1 Å². The van der Waals surface area contributed by atoms with Crippen LogP contribution < -0.4 is 4.74 Å². The minimum absolute atomic E-state index is 0.326. The molecule has 0 N–H and O–H groups in total. The lowest BCUT2D eigenvalue weighted by Crippen LogP contribution is -2.06. The average molecular weight is 206 g/mol. The van der Waals surface area contributed by atoms with E-state index in [2.05, 4.69) is 32.9 Å². The number of hydrogen-bond donors (Lipinski definition) is 0. The van der Waals surface area contributed by atoms with E-state index in [1.807, 2.05) is 6.07 Å². The Labute approximate surface area is 91.2 Å². The third-order valence-electron chi connectivity index (χ3n) is 2.78. The molecule has 15 heavy (non-hydrogen) atoms. The molecule has 1 unspecified atom stereocenters. The molecule has 2 nitrogen and oxygen atoms in total. The lowest BCUT2D eigenvalue weighted by atomic mass is 9.97. The van der Waals surface area contributed by atoms with Gasteiger partial charge in [0.15, 0.2) is 0 Å². The number of hydrogen-bond acceptors (Lipinski definition) is 2. The van der Waals surface area contributed by atoms with Gasteiger partial charge in [-0.1, -0.05) is 26.0 Å². The molecule has 82 valence electrons. The van der Waals surface area contributed by atoms with E-state index in [-0.39, 0.29) is 0 Å². The summed E-state index contributed by atoms with van der Waals surface area (Å²) in [6.07, 6.45) is 0.326. The molecule has 1 atom stereocenters. The maximum Gasteiger partial charge on any atom is 0.122 e. The molecule has 1 aromatic carbocycles. The van der Waals surface area contributed by atoms with Crippen LogP contribution in [0.5, 0.6) is 5.75 Å². The predicted octanol–water partition coefficient (Wildman–Crippen LogP) is 2.90. The quantitative estimate of drug-likeness (QED) is 0.706. The summed E-state index contributed by atoms with van der Waals surface area (Å²) < 4.78 is 10.8. The molecule has 0 spiro atoms. The topological polar surface area (TPSA) is 21.8 Å². The van der Waals surface area contributed by atoms with Gasteiger partial charge < -0.3 is 9.47 Å².